The van der Waals surface area contributed by atoms with Crippen molar-refractivity contribution in [2.45, 2.75) is 61.9 Å². The summed E-state index contributed by atoms with van der Waals surface area (Å²) in [6.45, 7) is 5.25. The number of carbonyl (C=O) groups is 1. The van der Waals surface area contributed by atoms with Gasteiger partial charge in [0, 0.05) is 17.1 Å². The summed E-state index contributed by atoms with van der Waals surface area (Å²) in [6, 6.07) is 10.3. The van der Waals surface area contributed by atoms with Crippen LogP contribution in [0.4, 0.5) is 0 Å². The molecule has 4 heteroatoms. The molecular weight excluding hydrogens is 284 g/mol. The molecule has 1 aliphatic carbocycles. The predicted molar refractivity (Wildman–Crippen MR) is 85.3 cm³/mol. The van der Waals surface area contributed by atoms with E-state index in [1.54, 1.807) is 18.7 Å². The molecule has 0 radical (unpaired) electrons. The zero-order valence-corrected chi connectivity index (χ0v) is 13.7. The van der Waals surface area contributed by atoms with Crippen molar-refractivity contribution in [1.82, 2.24) is 0 Å². The van der Waals surface area contributed by atoms with E-state index in [9.17, 15) is 9.90 Å². The summed E-state index contributed by atoms with van der Waals surface area (Å²) in [5.41, 5.74) is -0.978. The van der Waals surface area contributed by atoms with E-state index in [1.807, 2.05) is 18.2 Å². The average Bonchev–Trinajstić information content (AvgIpc) is 2.51. The third-order valence-electron chi connectivity index (χ3n) is 4.05. The molecule has 2 rings (SSSR count). The largest absolute Gasteiger partial charge is 0.459 e. The van der Waals surface area contributed by atoms with Crippen LogP contribution in [0.3, 0.4) is 0 Å². The first-order valence-corrected chi connectivity index (χ1v) is 8.38. The molecule has 1 aromatic carbocycles. The molecule has 1 aliphatic rings. The highest BCUT2D eigenvalue weighted by atomic mass is 32.2. The topological polar surface area (TPSA) is 46.5 Å². The molecule has 0 spiro atoms. The summed E-state index contributed by atoms with van der Waals surface area (Å²) in [6.07, 6.45) is 2.19. The number of benzene rings is 1. The van der Waals surface area contributed by atoms with Crippen molar-refractivity contribution in [3.63, 3.8) is 0 Å². The minimum absolute atomic E-state index is 0.172. The van der Waals surface area contributed by atoms with Gasteiger partial charge in [0.15, 0.2) is 0 Å². The van der Waals surface area contributed by atoms with Crippen molar-refractivity contribution in [3.8, 4) is 0 Å². The van der Waals surface area contributed by atoms with Crippen LogP contribution in [0.25, 0.3) is 0 Å². The average molecular weight is 308 g/mol. The standard InChI is InChI=1S/C17H24O3S/c1-12-9-10-15(21-14-7-5-4-6-8-14)11-17(3,19)16(12)20-13(2)18/h4-8,12,15-16,19H,9-11H2,1-3H3. The summed E-state index contributed by atoms with van der Waals surface area (Å²) in [7, 11) is 0. The Morgan fingerprint density at radius 3 is 2.62 bits per heavy atom. The van der Waals surface area contributed by atoms with Crippen LogP contribution in [-0.4, -0.2) is 28.0 Å². The minimum atomic E-state index is -0.978. The Morgan fingerprint density at radius 2 is 2.00 bits per heavy atom. The highest BCUT2D eigenvalue weighted by Crippen LogP contribution is 2.40. The summed E-state index contributed by atoms with van der Waals surface area (Å²) >= 11 is 1.80. The molecule has 1 fully saturated rings. The smallest absolute Gasteiger partial charge is 0.303 e. The normalized spacial score (nSPS) is 33.2. The lowest BCUT2D eigenvalue weighted by atomic mass is 9.88. The van der Waals surface area contributed by atoms with Gasteiger partial charge in [-0.3, -0.25) is 4.79 Å². The maximum atomic E-state index is 11.3. The maximum absolute atomic E-state index is 11.3. The molecule has 0 saturated heterocycles. The number of thioether (sulfide) groups is 1. The van der Waals surface area contributed by atoms with Crippen molar-refractivity contribution < 1.29 is 14.6 Å². The van der Waals surface area contributed by atoms with Gasteiger partial charge in [0.05, 0.1) is 0 Å². The molecule has 0 aromatic heterocycles. The maximum Gasteiger partial charge on any atom is 0.303 e. The number of ether oxygens (including phenoxy) is 1. The number of carbonyl (C=O) groups excluding carboxylic acids is 1. The van der Waals surface area contributed by atoms with E-state index in [0.29, 0.717) is 11.7 Å². The molecular formula is C17H24O3S. The van der Waals surface area contributed by atoms with Crippen LogP contribution in [0.2, 0.25) is 0 Å². The molecule has 0 bridgehead atoms. The van der Waals surface area contributed by atoms with Gasteiger partial charge in [0.25, 0.3) is 0 Å². The van der Waals surface area contributed by atoms with Crippen molar-refractivity contribution in [2.24, 2.45) is 5.92 Å². The Labute approximate surface area is 131 Å². The number of aliphatic hydroxyl groups is 1. The van der Waals surface area contributed by atoms with Gasteiger partial charge in [-0.15, -0.1) is 11.8 Å². The van der Waals surface area contributed by atoms with E-state index in [-0.39, 0.29) is 11.9 Å². The van der Waals surface area contributed by atoms with Gasteiger partial charge in [-0.2, -0.15) is 0 Å². The third kappa shape index (κ3) is 4.48. The van der Waals surface area contributed by atoms with Crippen molar-refractivity contribution in [1.29, 1.82) is 0 Å². The highest BCUT2D eigenvalue weighted by molar-refractivity contribution is 8.00. The first kappa shape index (κ1) is 16.4. The Kier molecular flexibility index (Phi) is 5.33. The summed E-state index contributed by atoms with van der Waals surface area (Å²) in [5.74, 6) is -0.147. The van der Waals surface area contributed by atoms with Crippen LogP contribution in [0.5, 0.6) is 0 Å². The number of esters is 1. The van der Waals surface area contributed by atoms with Crippen LogP contribution < -0.4 is 0 Å². The molecule has 1 aromatic rings. The van der Waals surface area contributed by atoms with Crippen LogP contribution in [-0.2, 0) is 9.53 Å². The van der Waals surface area contributed by atoms with Crippen LogP contribution in [0.1, 0.15) is 40.0 Å². The van der Waals surface area contributed by atoms with Crippen molar-refractivity contribution >= 4 is 17.7 Å². The first-order valence-electron chi connectivity index (χ1n) is 7.50. The molecule has 1 saturated carbocycles. The van der Waals surface area contributed by atoms with Gasteiger partial charge in [-0.25, -0.2) is 0 Å². The SMILES string of the molecule is CC(=O)OC1C(C)CCC(Sc2ccccc2)CC1(C)O. The number of hydrogen-bond donors (Lipinski definition) is 1. The molecule has 4 atom stereocenters. The fourth-order valence-corrected chi connectivity index (χ4v) is 4.48. The molecule has 21 heavy (non-hydrogen) atoms. The van der Waals surface area contributed by atoms with Gasteiger partial charge >= 0.3 is 5.97 Å². The molecule has 0 aliphatic heterocycles. The molecule has 0 heterocycles. The minimum Gasteiger partial charge on any atom is -0.459 e. The fourth-order valence-electron chi connectivity index (χ4n) is 3.11. The zero-order valence-electron chi connectivity index (χ0n) is 12.9. The van der Waals surface area contributed by atoms with Crippen molar-refractivity contribution in [2.75, 3.05) is 0 Å². The predicted octanol–water partition coefficient (Wildman–Crippen LogP) is 3.65. The monoisotopic (exact) mass is 308 g/mol. The lowest BCUT2D eigenvalue weighted by Crippen LogP contribution is -2.45. The second kappa shape index (κ2) is 6.84. The van der Waals surface area contributed by atoms with Crippen LogP contribution >= 0.6 is 11.8 Å². The second-order valence-electron chi connectivity index (χ2n) is 6.20. The first-order chi connectivity index (χ1) is 9.88. The summed E-state index contributed by atoms with van der Waals surface area (Å²) in [4.78, 5) is 12.5. The third-order valence-corrected chi connectivity index (χ3v) is 5.33. The van der Waals surface area contributed by atoms with E-state index in [1.165, 1.54) is 11.8 Å². The Balaban J connectivity index is 2.10. The van der Waals surface area contributed by atoms with Gasteiger partial charge in [0.2, 0.25) is 0 Å². The van der Waals surface area contributed by atoms with Gasteiger partial charge in [-0.05, 0) is 44.2 Å². The lowest BCUT2D eigenvalue weighted by molar-refractivity contribution is -0.167. The van der Waals surface area contributed by atoms with Crippen molar-refractivity contribution in [3.05, 3.63) is 30.3 Å². The highest BCUT2D eigenvalue weighted by Gasteiger charge is 2.42. The Hall–Kier alpha value is -1.00. The zero-order chi connectivity index (χ0) is 15.5. The molecule has 1 N–H and O–H groups in total. The van der Waals surface area contributed by atoms with Crippen LogP contribution in [0, 0.1) is 5.92 Å². The van der Waals surface area contributed by atoms with Gasteiger partial charge < -0.3 is 9.84 Å². The van der Waals surface area contributed by atoms with E-state index < -0.39 is 11.7 Å². The van der Waals surface area contributed by atoms with E-state index in [2.05, 4.69) is 19.1 Å². The number of rotatable bonds is 3. The molecule has 0 amide bonds. The Morgan fingerprint density at radius 1 is 1.33 bits per heavy atom. The lowest BCUT2D eigenvalue weighted by Gasteiger charge is -2.34. The van der Waals surface area contributed by atoms with E-state index in [0.717, 1.165) is 12.8 Å². The van der Waals surface area contributed by atoms with E-state index in [4.69, 9.17) is 4.74 Å². The molecule has 4 unspecified atom stereocenters. The number of hydrogen-bond acceptors (Lipinski definition) is 4. The van der Waals surface area contributed by atoms with Crippen LogP contribution in [0.15, 0.2) is 35.2 Å². The summed E-state index contributed by atoms with van der Waals surface area (Å²) < 4.78 is 5.40. The van der Waals surface area contributed by atoms with Gasteiger partial charge in [-0.1, -0.05) is 25.1 Å². The van der Waals surface area contributed by atoms with E-state index >= 15 is 0 Å². The molecule has 116 valence electrons. The Bertz CT molecular complexity index is 472. The van der Waals surface area contributed by atoms with Gasteiger partial charge in [0.1, 0.15) is 11.7 Å². The summed E-state index contributed by atoms with van der Waals surface area (Å²) in [5, 5.41) is 11.1. The quantitative estimate of drug-likeness (QED) is 0.684. The second-order valence-corrected chi connectivity index (χ2v) is 7.57. The fraction of sp³-hybridized carbons (Fsp3) is 0.588. The molecule has 3 nitrogen and oxygen atoms in total.